The summed E-state index contributed by atoms with van der Waals surface area (Å²) in [5.41, 5.74) is 19.4. The number of para-hydroxylation sites is 7. The Morgan fingerprint density at radius 3 is 0.659 bits per heavy atom. The van der Waals surface area contributed by atoms with E-state index in [2.05, 4.69) is 346 Å². The van der Waals surface area contributed by atoms with Gasteiger partial charge in [-0.3, -0.25) is 0 Å². The molecule has 15 aromatic carbocycles. The zero-order valence-corrected chi connectivity index (χ0v) is 48.0. The molecule has 0 bridgehead atoms. The molecule has 4 aromatic heterocycles. The lowest BCUT2D eigenvalue weighted by Gasteiger charge is -2.14. The second kappa shape index (κ2) is 20.0. The Balaban J connectivity index is 0.000000137. The van der Waals surface area contributed by atoms with E-state index in [1.54, 1.807) is 0 Å². The van der Waals surface area contributed by atoms with Crippen LogP contribution in [0.5, 0.6) is 0 Å². The molecule has 0 N–H and O–H groups in total. The van der Waals surface area contributed by atoms with Gasteiger partial charge in [0, 0.05) is 65.8 Å². The molecule has 0 aliphatic rings. The van der Waals surface area contributed by atoms with E-state index in [0.717, 1.165) is 0 Å². The molecule has 0 atom stereocenters. The molecule has 410 valence electrons. The van der Waals surface area contributed by atoms with Crippen molar-refractivity contribution in [1.82, 2.24) is 18.3 Å². The van der Waals surface area contributed by atoms with Gasteiger partial charge in [-0.05, 0) is 176 Å². The number of nitrogens with zero attached hydrogens (tertiary/aromatic N) is 4. The van der Waals surface area contributed by atoms with Crippen LogP contribution in [0.3, 0.4) is 0 Å². The lowest BCUT2D eigenvalue weighted by molar-refractivity contribution is 1.18. The van der Waals surface area contributed by atoms with Crippen LogP contribution in [-0.2, 0) is 0 Å². The van der Waals surface area contributed by atoms with E-state index in [-0.39, 0.29) is 0 Å². The van der Waals surface area contributed by atoms with Gasteiger partial charge in [-0.2, -0.15) is 0 Å². The van der Waals surface area contributed by atoms with Crippen molar-refractivity contribution in [2.24, 2.45) is 0 Å². The van der Waals surface area contributed by atoms with E-state index in [0.29, 0.717) is 0 Å². The largest absolute Gasteiger partial charge is 0.309 e. The number of rotatable bonds is 6. The first-order valence-corrected chi connectivity index (χ1v) is 30.3. The highest BCUT2D eigenvalue weighted by molar-refractivity contribution is 6.26. The topological polar surface area (TPSA) is 19.7 Å². The summed E-state index contributed by atoms with van der Waals surface area (Å²) in [4.78, 5) is 0. The third kappa shape index (κ3) is 7.72. The normalized spacial score (nSPS) is 11.9. The van der Waals surface area contributed by atoms with Crippen molar-refractivity contribution in [3.8, 4) is 45.0 Å². The van der Waals surface area contributed by atoms with E-state index in [9.17, 15) is 0 Å². The summed E-state index contributed by atoms with van der Waals surface area (Å²) in [6.07, 6.45) is 0. The molecule has 4 heterocycles. The van der Waals surface area contributed by atoms with Gasteiger partial charge in [-0.15, -0.1) is 0 Å². The number of hydrogen-bond acceptors (Lipinski definition) is 0. The fourth-order valence-corrected chi connectivity index (χ4v) is 14.5. The van der Waals surface area contributed by atoms with Crippen LogP contribution in [0.25, 0.3) is 165 Å². The Labute approximate surface area is 507 Å². The molecule has 0 aliphatic heterocycles. The van der Waals surface area contributed by atoms with Crippen molar-refractivity contribution in [2.75, 3.05) is 0 Å². The van der Waals surface area contributed by atoms with Crippen LogP contribution in [0, 0.1) is 0 Å². The average Bonchev–Trinajstić information content (AvgIpc) is 1.76. The summed E-state index contributed by atoms with van der Waals surface area (Å²) in [7, 11) is 0. The quantitative estimate of drug-likeness (QED) is 0.148. The SMILES string of the molecule is c1ccc(-n2c3ccccc3c3cc(-c4ccc5c(c4)c4ccccc4n5-c4ccc5c6ccccc6c6ccccc6c5c4)ccc32)cc1.c1ccc(-n2c3ccccc3c3cc(-c4ccc5c(c4)c4ccccc4n5-c4ccccc4)ccc32)cc1. The monoisotopic (exact) mass is 1120 g/mol. The average molecular weight is 1120 g/mol. The maximum Gasteiger partial charge on any atom is 0.0541 e. The van der Waals surface area contributed by atoms with Gasteiger partial charge in [-0.1, -0.05) is 206 Å². The third-order valence-corrected chi connectivity index (χ3v) is 18.4. The van der Waals surface area contributed by atoms with Crippen molar-refractivity contribution in [2.45, 2.75) is 0 Å². The molecule has 0 aliphatic carbocycles. The summed E-state index contributed by atoms with van der Waals surface area (Å²) in [5.74, 6) is 0. The van der Waals surface area contributed by atoms with Gasteiger partial charge < -0.3 is 18.3 Å². The first-order valence-electron chi connectivity index (χ1n) is 30.3. The van der Waals surface area contributed by atoms with Gasteiger partial charge >= 0.3 is 0 Å². The van der Waals surface area contributed by atoms with Crippen LogP contribution in [0.15, 0.2) is 328 Å². The number of benzene rings is 15. The molecule has 0 spiro atoms. The fourth-order valence-electron chi connectivity index (χ4n) is 14.5. The second-order valence-corrected chi connectivity index (χ2v) is 23.2. The molecule has 4 nitrogen and oxygen atoms in total. The maximum atomic E-state index is 2.44. The van der Waals surface area contributed by atoms with E-state index >= 15 is 0 Å². The van der Waals surface area contributed by atoms with Gasteiger partial charge in [0.2, 0.25) is 0 Å². The molecule has 0 unspecified atom stereocenters. The summed E-state index contributed by atoms with van der Waals surface area (Å²) in [5, 5.41) is 17.9. The Bertz CT molecular complexity index is 5790. The van der Waals surface area contributed by atoms with E-state index in [4.69, 9.17) is 0 Å². The minimum absolute atomic E-state index is 1.17. The lowest BCUT2D eigenvalue weighted by Crippen LogP contribution is -1.94. The molecule has 0 saturated carbocycles. The van der Waals surface area contributed by atoms with Gasteiger partial charge in [0.05, 0.1) is 44.1 Å². The zero-order valence-electron chi connectivity index (χ0n) is 48.0. The summed E-state index contributed by atoms with van der Waals surface area (Å²) in [6, 6.07) is 119. The molecule has 88 heavy (non-hydrogen) atoms. The van der Waals surface area contributed by atoms with Crippen molar-refractivity contribution in [3.05, 3.63) is 328 Å². The smallest absolute Gasteiger partial charge is 0.0541 e. The Morgan fingerprint density at radius 1 is 0.125 bits per heavy atom. The fraction of sp³-hybridized carbons (Fsp3) is 0. The van der Waals surface area contributed by atoms with E-state index in [1.165, 1.54) is 165 Å². The van der Waals surface area contributed by atoms with E-state index in [1.807, 2.05) is 0 Å². The second-order valence-electron chi connectivity index (χ2n) is 23.2. The molecule has 0 radical (unpaired) electrons. The third-order valence-electron chi connectivity index (χ3n) is 18.4. The zero-order chi connectivity index (χ0) is 57.8. The summed E-state index contributed by atoms with van der Waals surface area (Å²) < 4.78 is 9.55. The van der Waals surface area contributed by atoms with Gasteiger partial charge in [0.25, 0.3) is 0 Å². The van der Waals surface area contributed by atoms with Gasteiger partial charge in [0.1, 0.15) is 0 Å². The first kappa shape index (κ1) is 49.7. The van der Waals surface area contributed by atoms with E-state index < -0.39 is 0 Å². The van der Waals surface area contributed by atoms with Crippen LogP contribution in [0.2, 0.25) is 0 Å². The number of hydrogen-bond donors (Lipinski definition) is 0. The van der Waals surface area contributed by atoms with Crippen LogP contribution >= 0.6 is 0 Å². The number of fused-ring (bicyclic) bond motifs is 18. The lowest BCUT2D eigenvalue weighted by atomic mass is 9.94. The molecule has 0 amide bonds. The molecule has 19 rings (SSSR count). The molecular formula is C84H54N4. The Morgan fingerprint density at radius 2 is 0.352 bits per heavy atom. The molecule has 0 saturated heterocycles. The minimum atomic E-state index is 1.17. The van der Waals surface area contributed by atoms with Crippen molar-refractivity contribution in [3.63, 3.8) is 0 Å². The summed E-state index contributed by atoms with van der Waals surface area (Å²) >= 11 is 0. The van der Waals surface area contributed by atoms with Crippen LogP contribution in [0.1, 0.15) is 0 Å². The summed E-state index contributed by atoms with van der Waals surface area (Å²) in [6.45, 7) is 0. The van der Waals surface area contributed by atoms with Crippen LogP contribution < -0.4 is 0 Å². The number of aromatic nitrogens is 4. The van der Waals surface area contributed by atoms with Crippen LogP contribution in [-0.4, -0.2) is 18.3 Å². The highest BCUT2D eigenvalue weighted by atomic mass is 15.0. The molecular weight excluding hydrogens is 1060 g/mol. The molecule has 19 aromatic rings. The van der Waals surface area contributed by atoms with Gasteiger partial charge in [-0.25, -0.2) is 0 Å². The highest BCUT2D eigenvalue weighted by Crippen LogP contribution is 2.43. The maximum absolute atomic E-state index is 2.44. The minimum Gasteiger partial charge on any atom is -0.309 e. The molecule has 4 heteroatoms. The van der Waals surface area contributed by atoms with Crippen molar-refractivity contribution >= 4 is 120 Å². The van der Waals surface area contributed by atoms with Crippen molar-refractivity contribution < 1.29 is 0 Å². The predicted molar refractivity (Wildman–Crippen MR) is 374 cm³/mol. The Hall–Kier alpha value is -11.7. The van der Waals surface area contributed by atoms with Gasteiger partial charge in [0.15, 0.2) is 0 Å². The van der Waals surface area contributed by atoms with Crippen molar-refractivity contribution in [1.29, 1.82) is 0 Å². The Kier molecular flexibility index (Phi) is 11.3. The first-order chi connectivity index (χ1) is 43.7. The van der Waals surface area contributed by atoms with Crippen LogP contribution in [0.4, 0.5) is 0 Å². The highest BCUT2D eigenvalue weighted by Gasteiger charge is 2.20. The predicted octanol–water partition coefficient (Wildman–Crippen LogP) is 22.6. The molecule has 0 fully saturated rings. The standard InChI is InChI=1S/C48H30N2.C36H24N2/c1-2-12-33(13-3-1)49-45-20-10-8-18-40(45)43-28-31(22-26-47(43)49)32-23-27-48-44(29-32)41-19-9-11-21-46(41)50(48)34-24-25-39-37-16-5-4-14-35(37)36-15-6-7-17-38(36)42(39)30-34;1-3-11-27(12-4-1)37-33-17-9-7-15-29(33)31-23-25(19-21-35(31)37)26-20-22-36-32(24-26)30-16-8-10-18-34(30)38(36)28-13-5-2-6-14-28/h1-30H;1-24H.